The molecule has 0 amide bonds. The van der Waals surface area contributed by atoms with Crippen molar-refractivity contribution < 1.29 is 9.53 Å². The Morgan fingerprint density at radius 1 is 1.67 bits per heavy atom. The van der Waals surface area contributed by atoms with Crippen LogP contribution in [-0.2, 0) is 9.53 Å². The van der Waals surface area contributed by atoms with Crippen molar-refractivity contribution in [2.24, 2.45) is 0 Å². The maximum absolute atomic E-state index is 10.4. The summed E-state index contributed by atoms with van der Waals surface area (Å²) in [5, 5.41) is 0. The Morgan fingerprint density at radius 2 is 2.33 bits per heavy atom. The van der Waals surface area contributed by atoms with Crippen LogP contribution in [0.1, 0.15) is 13.8 Å². The Morgan fingerprint density at radius 3 is 2.53 bits per heavy atom. The van der Waals surface area contributed by atoms with Gasteiger partial charge in [0.15, 0.2) is 0 Å². The number of esters is 1. The fourth-order valence-corrected chi connectivity index (χ4v) is 0.565. The lowest BCUT2D eigenvalue weighted by molar-refractivity contribution is -0.138. The van der Waals surface area contributed by atoms with E-state index in [9.17, 15) is 9.59 Å². The van der Waals surface area contributed by atoms with E-state index in [1.165, 1.54) is 12.4 Å². The Hall–Kier alpha value is -1.91. The molecule has 1 aromatic rings. The van der Waals surface area contributed by atoms with Gasteiger partial charge in [-0.05, 0) is 19.9 Å². The van der Waals surface area contributed by atoms with Crippen molar-refractivity contribution in [1.82, 2.24) is 9.97 Å². The van der Waals surface area contributed by atoms with Crippen LogP contribution in [0.5, 0.6) is 0 Å². The first-order chi connectivity index (χ1) is 7.07. The predicted molar refractivity (Wildman–Crippen MR) is 56.3 cm³/mol. The molecule has 0 unspecified atom stereocenters. The fraction of sp³-hybridized carbons (Fsp3) is 0.300. The van der Waals surface area contributed by atoms with E-state index in [4.69, 9.17) is 0 Å². The van der Waals surface area contributed by atoms with Crippen LogP contribution >= 0.6 is 0 Å². The summed E-state index contributed by atoms with van der Waals surface area (Å²) in [6, 6.07) is 1.65. The van der Waals surface area contributed by atoms with Crippen LogP contribution < -0.4 is 5.69 Å². The summed E-state index contributed by atoms with van der Waals surface area (Å²) in [4.78, 5) is 26.3. The van der Waals surface area contributed by atoms with Gasteiger partial charge >= 0.3 is 11.7 Å². The van der Waals surface area contributed by atoms with Crippen LogP contribution in [0, 0.1) is 0 Å². The second-order valence-electron chi connectivity index (χ2n) is 2.59. The SMILES string of the molecule is C=C(C)C(=O)OCC.O=c1nccc[nH]1. The number of ether oxygens (including phenoxy) is 1. The van der Waals surface area contributed by atoms with Gasteiger partial charge in [0.25, 0.3) is 0 Å². The third-order valence-electron chi connectivity index (χ3n) is 1.20. The second-order valence-corrected chi connectivity index (χ2v) is 2.59. The van der Waals surface area contributed by atoms with Crippen molar-refractivity contribution in [1.29, 1.82) is 0 Å². The van der Waals surface area contributed by atoms with E-state index in [1.807, 2.05) is 0 Å². The average Bonchev–Trinajstić information content (AvgIpc) is 2.20. The maximum Gasteiger partial charge on any atom is 0.344 e. The highest BCUT2D eigenvalue weighted by Gasteiger charge is 1.98. The largest absolute Gasteiger partial charge is 0.463 e. The molecule has 0 radical (unpaired) electrons. The zero-order valence-electron chi connectivity index (χ0n) is 8.82. The number of carbonyl (C=O) groups excluding carboxylic acids is 1. The van der Waals surface area contributed by atoms with Gasteiger partial charge in [-0.25, -0.2) is 14.6 Å². The number of rotatable bonds is 2. The van der Waals surface area contributed by atoms with Gasteiger partial charge in [0.1, 0.15) is 0 Å². The molecule has 5 heteroatoms. The number of aromatic amines is 1. The zero-order valence-corrected chi connectivity index (χ0v) is 8.82. The van der Waals surface area contributed by atoms with Crippen LogP contribution in [0.4, 0.5) is 0 Å². The first kappa shape index (κ1) is 13.1. The second kappa shape index (κ2) is 7.49. The number of aromatic nitrogens is 2. The van der Waals surface area contributed by atoms with E-state index in [1.54, 1.807) is 19.9 Å². The van der Waals surface area contributed by atoms with Crippen molar-refractivity contribution in [2.75, 3.05) is 6.61 Å². The summed E-state index contributed by atoms with van der Waals surface area (Å²) in [5.41, 5.74) is 0.148. The van der Waals surface area contributed by atoms with E-state index in [2.05, 4.69) is 21.3 Å². The number of nitrogens with one attached hydrogen (secondary N) is 1. The van der Waals surface area contributed by atoms with Gasteiger partial charge in [0.05, 0.1) is 6.61 Å². The van der Waals surface area contributed by atoms with Crippen LogP contribution in [0.2, 0.25) is 0 Å². The quantitative estimate of drug-likeness (QED) is 0.581. The predicted octanol–water partition coefficient (Wildman–Crippen LogP) is 0.895. The smallest absolute Gasteiger partial charge is 0.344 e. The van der Waals surface area contributed by atoms with Crippen molar-refractivity contribution >= 4 is 5.97 Å². The van der Waals surface area contributed by atoms with E-state index >= 15 is 0 Å². The highest BCUT2D eigenvalue weighted by atomic mass is 16.5. The number of H-pyrrole nitrogens is 1. The molecular weight excluding hydrogens is 196 g/mol. The maximum atomic E-state index is 10.4. The van der Waals surface area contributed by atoms with E-state index in [-0.39, 0.29) is 11.7 Å². The number of hydrogen-bond donors (Lipinski definition) is 1. The topological polar surface area (TPSA) is 72.1 Å². The molecule has 1 heterocycles. The van der Waals surface area contributed by atoms with Gasteiger partial charge < -0.3 is 9.72 Å². The molecule has 1 N–H and O–H groups in total. The molecule has 0 aliphatic rings. The number of nitrogens with zero attached hydrogens (tertiary/aromatic N) is 1. The molecule has 0 bridgehead atoms. The molecule has 0 spiro atoms. The molecule has 0 aromatic carbocycles. The Balaban J connectivity index is 0.000000262. The minimum Gasteiger partial charge on any atom is -0.463 e. The molecule has 82 valence electrons. The average molecular weight is 210 g/mol. The highest BCUT2D eigenvalue weighted by Crippen LogP contribution is 1.89. The molecule has 15 heavy (non-hydrogen) atoms. The first-order valence-electron chi connectivity index (χ1n) is 4.40. The lowest BCUT2D eigenvalue weighted by atomic mass is 10.4. The zero-order chi connectivity index (χ0) is 11.7. The fourth-order valence-electron chi connectivity index (χ4n) is 0.565. The monoisotopic (exact) mass is 210 g/mol. The number of hydrogen-bond acceptors (Lipinski definition) is 4. The summed E-state index contributed by atoms with van der Waals surface area (Å²) in [7, 11) is 0. The minimum atomic E-state index is -0.312. The van der Waals surface area contributed by atoms with Gasteiger partial charge in [-0.15, -0.1) is 0 Å². The molecule has 5 nitrogen and oxygen atoms in total. The van der Waals surface area contributed by atoms with Crippen molar-refractivity contribution in [3.63, 3.8) is 0 Å². The van der Waals surface area contributed by atoms with Crippen molar-refractivity contribution in [2.45, 2.75) is 13.8 Å². The molecule has 1 rings (SSSR count). The van der Waals surface area contributed by atoms with Gasteiger partial charge in [-0.3, -0.25) is 0 Å². The Bertz CT molecular complexity index is 353. The summed E-state index contributed by atoms with van der Waals surface area (Å²) in [6.07, 6.45) is 2.98. The van der Waals surface area contributed by atoms with Gasteiger partial charge in [-0.1, -0.05) is 6.58 Å². The molecule has 0 aliphatic carbocycles. The standard InChI is InChI=1S/C6H10O2.C4H4N2O/c1-4-8-6(7)5(2)3;7-4-5-2-1-3-6-4/h2,4H2,1,3H3;1-3H,(H,5,6,7). The summed E-state index contributed by atoms with van der Waals surface area (Å²) in [6.45, 7) is 7.21. The summed E-state index contributed by atoms with van der Waals surface area (Å²) < 4.78 is 4.56. The lowest BCUT2D eigenvalue weighted by Gasteiger charge is -1.96. The molecule has 0 saturated heterocycles. The molecule has 0 saturated carbocycles. The van der Waals surface area contributed by atoms with Crippen molar-refractivity contribution in [3.05, 3.63) is 41.1 Å². The van der Waals surface area contributed by atoms with Gasteiger partial charge in [-0.2, -0.15) is 0 Å². The summed E-state index contributed by atoms with van der Waals surface area (Å²) in [5.74, 6) is -0.312. The highest BCUT2D eigenvalue weighted by molar-refractivity contribution is 5.86. The van der Waals surface area contributed by atoms with Crippen LogP contribution in [0.15, 0.2) is 35.4 Å². The molecular formula is C10H14N2O3. The first-order valence-corrected chi connectivity index (χ1v) is 4.40. The van der Waals surface area contributed by atoms with Crippen molar-refractivity contribution in [3.8, 4) is 0 Å². The van der Waals surface area contributed by atoms with Crippen LogP contribution in [0.3, 0.4) is 0 Å². The molecule has 0 atom stereocenters. The molecule has 0 aliphatic heterocycles. The summed E-state index contributed by atoms with van der Waals surface area (Å²) >= 11 is 0. The number of carbonyl (C=O) groups is 1. The molecule has 0 fully saturated rings. The van der Waals surface area contributed by atoms with Gasteiger partial charge in [0, 0.05) is 18.0 Å². The normalized spacial score (nSPS) is 8.40. The van der Waals surface area contributed by atoms with Gasteiger partial charge in [0.2, 0.25) is 0 Å². The van der Waals surface area contributed by atoms with E-state index in [0.29, 0.717) is 12.2 Å². The molecule has 1 aromatic heterocycles. The lowest BCUT2D eigenvalue weighted by Crippen LogP contribution is -2.05. The Kier molecular flexibility index (Phi) is 6.54. The van der Waals surface area contributed by atoms with Crippen LogP contribution in [-0.4, -0.2) is 22.5 Å². The third kappa shape index (κ3) is 7.18. The van der Waals surface area contributed by atoms with E-state index in [0.717, 1.165) is 0 Å². The minimum absolute atomic E-state index is 0.303. The van der Waals surface area contributed by atoms with Crippen LogP contribution in [0.25, 0.3) is 0 Å². The van der Waals surface area contributed by atoms with E-state index < -0.39 is 0 Å². The Labute approximate surface area is 87.8 Å². The third-order valence-corrected chi connectivity index (χ3v) is 1.20.